The molecule has 1 aromatic rings. The van der Waals surface area contributed by atoms with E-state index >= 15 is 0 Å². The highest BCUT2D eigenvalue weighted by molar-refractivity contribution is 5.35. The molecule has 1 aliphatic rings. The number of alkyl halides is 5. The van der Waals surface area contributed by atoms with Gasteiger partial charge in [-0.25, -0.2) is 0 Å². The molecule has 17 heavy (non-hydrogen) atoms. The first-order valence-electron chi connectivity index (χ1n) is 5.01. The zero-order valence-electron chi connectivity index (χ0n) is 8.69. The van der Waals surface area contributed by atoms with Crippen molar-refractivity contribution >= 4 is 0 Å². The van der Waals surface area contributed by atoms with Crippen LogP contribution >= 0.6 is 0 Å². The number of benzene rings is 1. The van der Waals surface area contributed by atoms with Crippen LogP contribution in [0.15, 0.2) is 24.3 Å². The van der Waals surface area contributed by atoms with Crippen LogP contribution in [0.2, 0.25) is 0 Å². The maximum absolute atomic E-state index is 13.1. The molecule has 1 aromatic carbocycles. The number of hydrogen-bond acceptors (Lipinski definition) is 1. The van der Waals surface area contributed by atoms with E-state index in [4.69, 9.17) is 5.73 Å². The predicted molar refractivity (Wildman–Crippen MR) is 51.5 cm³/mol. The van der Waals surface area contributed by atoms with E-state index in [1.54, 1.807) is 0 Å². The molecule has 0 heterocycles. The first kappa shape index (κ1) is 12.3. The molecule has 0 bridgehead atoms. The van der Waals surface area contributed by atoms with Gasteiger partial charge in [-0.3, -0.25) is 0 Å². The summed E-state index contributed by atoms with van der Waals surface area (Å²) in [5.41, 5.74) is 4.31. The highest BCUT2D eigenvalue weighted by Crippen LogP contribution is 2.47. The van der Waals surface area contributed by atoms with E-state index in [1.807, 2.05) is 0 Å². The lowest BCUT2D eigenvalue weighted by atomic mass is 9.99. The van der Waals surface area contributed by atoms with E-state index < -0.39 is 23.2 Å². The molecule has 0 aromatic heterocycles. The Morgan fingerprint density at radius 2 is 1.65 bits per heavy atom. The molecule has 0 aliphatic heterocycles. The summed E-state index contributed by atoms with van der Waals surface area (Å²) >= 11 is 0. The van der Waals surface area contributed by atoms with Crippen molar-refractivity contribution in [1.29, 1.82) is 0 Å². The van der Waals surface area contributed by atoms with Gasteiger partial charge in [-0.2, -0.15) is 22.0 Å². The van der Waals surface area contributed by atoms with Crippen molar-refractivity contribution < 1.29 is 22.0 Å². The number of nitrogens with two attached hydrogens (primary N) is 1. The number of rotatable bonds is 2. The molecule has 0 atom stereocenters. The predicted octanol–water partition coefficient (Wildman–Crippen LogP) is 3.29. The normalized spacial score (nSPS) is 19.2. The van der Waals surface area contributed by atoms with Gasteiger partial charge in [0.15, 0.2) is 0 Å². The van der Waals surface area contributed by atoms with Gasteiger partial charge in [0.2, 0.25) is 0 Å². The second-order valence-corrected chi connectivity index (χ2v) is 4.31. The first-order valence-corrected chi connectivity index (χ1v) is 5.01. The molecule has 1 saturated carbocycles. The van der Waals surface area contributed by atoms with Gasteiger partial charge in [-0.05, 0) is 24.5 Å². The van der Waals surface area contributed by atoms with Crippen LogP contribution in [0.3, 0.4) is 0 Å². The summed E-state index contributed by atoms with van der Waals surface area (Å²) in [6.45, 7) is 0. The molecule has 2 N–H and O–H groups in total. The summed E-state index contributed by atoms with van der Waals surface area (Å²) in [5.74, 6) is -4.84. The third kappa shape index (κ3) is 2.01. The quantitative estimate of drug-likeness (QED) is 0.802. The molecule has 2 rings (SSSR count). The van der Waals surface area contributed by atoms with Crippen molar-refractivity contribution in [3.63, 3.8) is 0 Å². The Bertz CT molecular complexity index is 434. The maximum atomic E-state index is 13.1. The lowest BCUT2D eigenvalue weighted by Gasteiger charge is -2.21. The number of hydrogen-bond donors (Lipinski definition) is 1. The summed E-state index contributed by atoms with van der Waals surface area (Å²) < 4.78 is 62.7. The van der Waals surface area contributed by atoms with Crippen molar-refractivity contribution in [2.75, 3.05) is 0 Å². The van der Waals surface area contributed by atoms with E-state index in [9.17, 15) is 22.0 Å². The second kappa shape index (κ2) is 3.41. The zero-order chi connectivity index (χ0) is 12.9. The van der Waals surface area contributed by atoms with Crippen LogP contribution in [0.1, 0.15) is 24.0 Å². The Labute approximate surface area is 94.4 Å². The fourth-order valence-corrected chi connectivity index (χ4v) is 1.61. The fraction of sp³-hybridized carbons (Fsp3) is 0.455. The van der Waals surface area contributed by atoms with Gasteiger partial charge in [-0.15, -0.1) is 0 Å². The van der Waals surface area contributed by atoms with Crippen LogP contribution in [-0.2, 0) is 11.5 Å². The molecule has 1 nitrogen and oxygen atoms in total. The minimum Gasteiger partial charge on any atom is -0.321 e. The molecular formula is C11H10F5N. The van der Waals surface area contributed by atoms with Gasteiger partial charge in [0.05, 0.1) is 0 Å². The molecule has 0 spiro atoms. The molecule has 6 heteroatoms. The molecule has 1 aliphatic carbocycles. The average Bonchev–Trinajstić information content (AvgIpc) is 2.96. The summed E-state index contributed by atoms with van der Waals surface area (Å²) in [6, 6.07) is 4.27. The van der Waals surface area contributed by atoms with Gasteiger partial charge >= 0.3 is 12.1 Å². The van der Waals surface area contributed by atoms with Crippen LogP contribution in [0.5, 0.6) is 0 Å². The summed E-state index contributed by atoms with van der Waals surface area (Å²) in [7, 11) is 0. The largest absolute Gasteiger partial charge is 0.458 e. The van der Waals surface area contributed by atoms with E-state index in [2.05, 4.69) is 0 Å². The highest BCUT2D eigenvalue weighted by atomic mass is 19.4. The zero-order valence-corrected chi connectivity index (χ0v) is 8.69. The van der Waals surface area contributed by atoms with Gasteiger partial charge < -0.3 is 5.73 Å². The van der Waals surface area contributed by atoms with E-state index in [0.717, 1.165) is 12.1 Å². The average molecular weight is 251 g/mol. The Balaban J connectivity index is 2.40. The SMILES string of the molecule is NC1(c2cccc(C(F)(F)C(F)(F)F)c2)CC1. The number of halogens is 5. The van der Waals surface area contributed by atoms with Crippen LogP contribution in [-0.4, -0.2) is 6.18 Å². The summed E-state index contributed by atoms with van der Waals surface area (Å²) in [6.07, 6.45) is -4.38. The van der Waals surface area contributed by atoms with Crippen LogP contribution in [0, 0.1) is 0 Å². The molecule has 0 unspecified atom stereocenters. The monoisotopic (exact) mass is 251 g/mol. The minimum atomic E-state index is -5.59. The van der Waals surface area contributed by atoms with E-state index in [1.165, 1.54) is 12.1 Å². The van der Waals surface area contributed by atoms with Crippen LogP contribution in [0.25, 0.3) is 0 Å². The molecule has 1 fully saturated rings. The van der Waals surface area contributed by atoms with Crippen molar-refractivity contribution in [1.82, 2.24) is 0 Å². The summed E-state index contributed by atoms with van der Waals surface area (Å²) in [4.78, 5) is 0. The molecule has 0 saturated heterocycles. The third-order valence-corrected chi connectivity index (χ3v) is 2.94. The topological polar surface area (TPSA) is 26.0 Å². The fourth-order valence-electron chi connectivity index (χ4n) is 1.61. The molecule has 0 amide bonds. The van der Waals surface area contributed by atoms with Crippen molar-refractivity contribution in [2.45, 2.75) is 30.5 Å². The second-order valence-electron chi connectivity index (χ2n) is 4.31. The molecule has 94 valence electrons. The van der Waals surface area contributed by atoms with Gasteiger partial charge in [-0.1, -0.05) is 18.2 Å². The highest BCUT2D eigenvalue weighted by Gasteiger charge is 2.59. The third-order valence-electron chi connectivity index (χ3n) is 2.94. The standard InChI is InChI=1S/C11H10F5N/c12-10(13,11(14,15)16)8-3-1-2-7(6-8)9(17)4-5-9/h1-3,6H,4-5,17H2. The van der Waals surface area contributed by atoms with Crippen molar-refractivity contribution in [2.24, 2.45) is 5.73 Å². The molecular weight excluding hydrogens is 241 g/mol. The first-order chi connectivity index (χ1) is 7.67. The van der Waals surface area contributed by atoms with E-state index in [-0.39, 0.29) is 0 Å². The summed E-state index contributed by atoms with van der Waals surface area (Å²) in [5, 5.41) is 0. The van der Waals surface area contributed by atoms with Crippen molar-refractivity contribution in [3.8, 4) is 0 Å². The minimum absolute atomic E-state index is 0.332. The van der Waals surface area contributed by atoms with Gasteiger partial charge in [0.25, 0.3) is 0 Å². The van der Waals surface area contributed by atoms with Crippen LogP contribution < -0.4 is 5.73 Å². The smallest absolute Gasteiger partial charge is 0.321 e. The lowest BCUT2D eigenvalue weighted by molar-refractivity contribution is -0.289. The maximum Gasteiger partial charge on any atom is 0.458 e. The van der Waals surface area contributed by atoms with Gasteiger partial charge in [0, 0.05) is 11.1 Å². The van der Waals surface area contributed by atoms with E-state index in [0.29, 0.717) is 18.4 Å². The van der Waals surface area contributed by atoms with Crippen molar-refractivity contribution in [3.05, 3.63) is 35.4 Å². The molecule has 0 radical (unpaired) electrons. The van der Waals surface area contributed by atoms with Gasteiger partial charge in [0.1, 0.15) is 0 Å². The Morgan fingerprint density at radius 1 is 1.06 bits per heavy atom. The lowest BCUT2D eigenvalue weighted by Crippen LogP contribution is -2.34. The Kier molecular flexibility index (Phi) is 2.47. The van der Waals surface area contributed by atoms with Crippen LogP contribution in [0.4, 0.5) is 22.0 Å². The Hall–Kier alpha value is -1.17. The Morgan fingerprint density at radius 3 is 2.12 bits per heavy atom.